The summed E-state index contributed by atoms with van der Waals surface area (Å²) in [4.78, 5) is 0. The van der Waals surface area contributed by atoms with E-state index in [1.54, 1.807) is 0 Å². The van der Waals surface area contributed by atoms with Crippen molar-refractivity contribution in [3.05, 3.63) is 53.6 Å². The summed E-state index contributed by atoms with van der Waals surface area (Å²) in [5, 5.41) is 0. The molecule has 0 aromatic heterocycles. The Morgan fingerprint density at radius 3 is 1.84 bits per heavy atom. The molecule has 25 heavy (non-hydrogen) atoms. The fraction of sp³-hybridized carbons (Fsp3) is 0.250. The van der Waals surface area contributed by atoms with Crippen LogP contribution in [0.1, 0.15) is 11.1 Å². The minimum absolute atomic E-state index is 0. The highest BCUT2D eigenvalue weighted by Crippen LogP contribution is 2.39. The molecule has 0 aliphatic rings. The number of hydrogen-bond donors (Lipinski definition) is 1. The first-order valence-electron chi connectivity index (χ1n) is 6.84. The molecular weight excluding hydrogens is 372 g/mol. The van der Waals surface area contributed by atoms with E-state index in [0.29, 0.717) is 0 Å². The molecule has 2 rings (SSSR count). The Bertz CT molecular complexity index is 697. The van der Waals surface area contributed by atoms with Gasteiger partial charge in [0.25, 0.3) is 0 Å². The first-order valence-corrected chi connectivity index (χ1v) is 6.84. The van der Waals surface area contributed by atoms with Crippen LogP contribution in [-0.4, -0.2) is 13.2 Å². The third-order valence-electron chi connectivity index (χ3n) is 3.21. The van der Waals surface area contributed by atoms with Gasteiger partial charge in [0.1, 0.15) is 12.4 Å². The van der Waals surface area contributed by atoms with Gasteiger partial charge in [0.15, 0.2) is 0 Å². The van der Waals surface area contributed by atoms with Crippen molar-refractivity contribution in [1.29, 1.82) is 0 Å². The lowest BCUT2D eigenvalue weighted by Crippen LogP contribution is -2.14. The number of nitrogens with two attached hydrogens (primary N) is 1. The van der Waals surface area contributed by atoms with E-state index < -0.39 is 23.5 Å². The Morgan fingerprint density at radius 1 is 0.800 bits per heavy atom. The number of alkyl halides is 6. The molecule has 2 nitrogen and oxygen atoms in total. The molecule has 0 heterocycles. The highest BCUT2D eigenvalue weighted by atomic mass is 35.5. The molecule has 138 valence electrons. The second-order valence-electron chi connectivity index (χ2n) is 4.92. The normalized spacial score (nSPS) is 11.8. The van der Waals surface area contributed by atoms with Crippen LogP contribution in [0.25, 0.3) is 11.1 Å². The lowest BCUT2D eigenvalue weighted by atomic mass is 10.0. The summed E-state index contributed by atoms with van der Waals surface area (Å²) in [5.74, 6) is -0.372. The monoisotopic (exact) mass is 385 g/mol. The molecule has 0 radical (unpaired) electrons. The van der Waals surface area contributed by atoms with Gasteiger partial charge in [0, 0.05) is 6.54 Å². The molecule has 2 N–H and O–H groups in total. The predicted molar refractivity (Wildman–Crippen MR) is 83.7 cm³/mol. The number of hydrogen-bond acceptors (Lipinski definition) is 2. The van der Waals surface area contributed by atoms with Gasteiger partial charge in [-0.1, -0.05) is 18.2 Å². The van der Waals surface area contributed by atoms with Crippen molar-refractivity contribution in [1.82, 2.24) is 0 Å². The minimum Gasteiger partial charge on any atom is -0.492 e. The molecule has 0 saturated heterocycles. The molecule has 0 amide bonds. The van der Waals surface area contributed by atoms with Gasteiger partial charge in [-0.3, -0.25) is 0 Å². The van der Waals surface area contributed by atoms with E-state index in [0.717, 1.165) is 36.4 Å². The van der Waals surface area contributed by atoms with Gasteiger partial charge in [0.05, 0.1) is 11.1 Å². The largest absolute Gasteiger partial charge is 0.492 e. The van der Waals surface area contributed by atoms with Gasteiger partial charge in [-0.15, -0.1) is 12.4 Å². The zero-order chi connectivity index (χ0) is 18.0. The predicted octanol–water partition coefficient (Wildman–Crippen LogP) is 5.15. The Kier molecular flexibility index (Phi) is 6.73. The topological polar surface area (TPSA) is 35.2 Å². The van der Waals surface area contributed by atoms with E-state index in [9.17, 15) is 26.3 Å². The maximum absolute atomic E-state index is 13.1. The lowest BCUT2D eigenvalue weighted by molar-refractivity contribution is -0.139. The summed E-state index contributed by atoms with van der Waals surface area (Å²) in [6.07, 6.45) is -9.17. The third kappa shape index (κ3) is 5.27. The molecule has 0 fully saturated rings. The quantitative estimate of drug-likeness (QED) is 0.739. The summed E-state index contributed by atoms with van der Waals surface area (Å²) >= 11 is 0. The van der Waals surface area contributed by atoms with Gasteiger partial charge >= 0.3 is 12.4 Å². The van der Waals surface area contributed by atoms with Crippen molar-refractivity contribution in [2.45, 2.75) is 12.4 Å². The highest BCUT2D eigenvalue weighted by Gasteiger charge is 2.35. The Morgan fingerprint density at radius 2 is 1.36 bits per heavy atom. The third-order valence-corrected chi connectivity index (χ3v) is 3.21. The molecule has 2 aromatic carbocycles. The molecule has 0 aliphatic carbocycles. The first kappa shape index (κ1) is 21.1. The molecule has 0 unspecified atom stereocenters. The average molecular weight is 386 g/mol. The van der Waals surface area contributed by atoms with Crippen molar-refractivity contribution in [3.8, 4) is 16.9 Å². The van der Waals surface area contributed by atoms with Gasteiger partial charge in [-0.25, -0.2) is 0 Å². The zero-order valence-corrected chi connectivity index (χ0v) is 13.4. The minimum atomic E-state index is -4.66. The summed E-state index contributed by atoms with van der Waals surface area (Å²) < 4.78 is 82.0. The van der Waals surface area contributed by atoms with Gasteiger partial charge < -0.3 is 10.5 Å². The Hall–Kier alpha value is -1.93. The fourth-order valence-electron chi connectivity index (χ4n) is 2.08. The van der Waals surface area contributed by atoms with Gasteiger partial charge in [-0.2, -0.15) is 26.3 Å². The Labute approximate surface area is 146 Å². The van der Waals surface area contributed by atoms with Gasteiger partial charge in [0.2, 0.25) is 0 Å². The maximum Gasteiger partial charge on any atom is 0.419 e. The van der Waals surface area contributed by atoms with Crippen LogP contribution in [0.15, 0.2) is 42.5 Å². The van der Waals surface area contributed by atoms with Gasteiger partial charge in [-0.05, 0) is 35.4 Å². The summed E-state index contributed by atoms with van der Waals surface area (Å²) in [6.45, 7) is -0.0271. The molecular formula is C16H14ClF6NO. The van der Waals surface area contributed by atoms with Crippen LogP contribution in [0, 0.1) is 0 Å². The van der Waals surface area contributed by atoms with Crippen LogP contribution in [-0.2, 0) is 12.4 Å². The lowest BCUT2D eigenvalue weighted by Gasteiger charge is -2.15. The zero-order valence-electron chi connectivity index (χ0n) is 12.6. The van der Waals surface area contributed by atoms with Crippen molar-refractivity contribution < 1.29 is 31.1 Å². The molecule has 0 bridgehead atoms. The van der Waals surface area contributed by atoms with E-state index in [4.69, 9.17) is 10.5 Å². The van der Waals surface area contributed by atoms with Crippen molar-refractivity contribution in [3.63, 3.8) is 0 Å². The number of rotatable bonds is 4. The maximum atomic E-state index is 13.1. The second-order valence-corrected chi connectivity index (χ2v) is 4.92. The van der Waals surface area contributed by atoms with Crippen LogP contribution >= 0.6 is 12.4 Å². The standard InChI is InChI=1S/C16H13F6NO.ClH/c17-15(18,19)12-4-1-10(2-5-12)11-3-6-14(24-8-7-23)13(9-11)16(20,21)22;/h1-6,9H,7-8,23H2;1H. The highest BCUT2D eigenvalue weighted by molar-refractivity contribution is 5.85. The van der Waals surface area contributed by atoms with Crippen LogP contribution in [0.3, 0.4) is 0 Å². The second kappa shape index (κ2) is 7.97. The van der Waals surface area contributed by atoms with Crippen molar-refractivity contribution in [2.24, 2.45) is 5.73 Å². The molecule has 0 atom stereocenters. The number of halogens is 7. The molecule has 0 saturated carbocycles. The van der Waals surface area contributed by atoms with E-state index in [-0.39, 0.29) is 42.4 Å². The summed E-state index contributed by atoms with van der Waals surface area (Å²) in [5.41, 5.74) is 3.70. The summed E-state index contributed by atoms with van der Waals surface area (Å²) in [6, 6.07) is 7.21. The number of ether oxygens (including phenoxy) is 1. The van der Waals surface area contributed by atoms with Crippen LogP contribution in [0.5, 0.6) is 5.75 Å². The SMILES string of the molecule is Cl.NCCOc1ccc(-c2ccc(C(F)(F)F)cc2)cc1C(F)(F)F. The van der Waals surface area contributed by atoms with Crippen LogP contribution in [0.4, 0.5) is 26.3 Å². The smallest absolute Gasteiger partial charge is 0.419 e. The average Bonchev–Trinajstić information content (AvgIpc) is 2.51. The molecule has 0 aliphatic heterocycles. The van der Waals surface area contributed by atoms with Crippen LogP contribution in [0.2, 0.25) is 0 Å². The van der Waals surface area contributed by atoms with E-state index in [2.05, 4.69) is 0 Å². The number of benzene rings is 2. The van der Waals surface area contributed by atoms with Crippen LogP contribution < -0.4 is 10.5 Å². The van der Waals surface area contributed by atoms with Crippen molar-refractivity contribution in [2.75, 3.05) is 13.2 Å². The fourth-order valence-corrected chi connectivity index (χ4v) is 2.08. The molecule has 9 heteroatoms. The first-order chi connectivity index (χ1) is 11.1. The summed E-state index contributed by atoms with van der Waals surface area (Å²) in [7, 11) is 0. The molecule has 2 aromatic rings. The van der Waals surface area contributed by atoms with E-state index >= 15 is 0 Å². The van der Waals surface area contributed by atoms with Crippen molar-refractivity contribution >= 4 is 12.4 Å². The van der Waals surface area contributed by atoms with E-state index in [1.165, 1.54) is 6.07 Å². The van der Waals surface area contributed by atoms with E-state index in [1.807, 2.05) is 0 Å². The molecule has 0 spiro atoms. The Balaban J connectivity index is 0.00000312.